The third-order valence-corrected chi connectivity index (χ3v) is 7.70. The van der Waals surface area contributed by atoms with Crippen LogP contribution in [-0.2, 0) is 11.0 Å². The smallest absolute Gasteiger partial charge is 0.382 e. The number of aryl methyl sites for hydroxylation is 1. The Hall–Kier alpha value is -2.54. The lowest BCUT2D eigenvalue weighted by Crippen LogP contribution is -2.60. The zero-order valence-electron chi connectivity index (χ0n) is 20.2. The molecule has 4 rings (SSSR count). The molecule has 1 aliphatic heterocycles. The summed E-state index contributed by atoms with van der Waals surface area (Å²) in [6.07, 6.45) is 2.73. The summed E-state index contributed by atoms with van der Waals surface area (Å²) in [5.74, 6) is 0. The number of halogens is 3. The van der Waals surface area contributed by atoms with Crippen LogP contribution in [0.1, 0.15) is 61.3 Å². The molecule has 4 nitrogen and oxygen atoms in total. The second kappa shape index (κ2) is 9.61. The third kappa shape index (κ3) is 4.67. The van der Waals surface area contributed by atoms with Crippen molar-refractivity contribution < 1.29 is 18.0 Å². The minimum atomic E-state index is -4.44. The van der Waals surface area contributed by atoms with E-state index in [9.17, 15) is 18.0 Å². The topological polar surface area (TPSA) is 35.6 Å². The molecule has 0 aromatic heterocycles. The molecular weight excluding hydrogens is 439 g/mol. The number of nitrogens with one attached hydrogen (secondary N) is 1. The van der Waals surface area contributed by atoms with E-state index >= 15 is 0 Å². The van der Waals surface area contributed by atoms with E-state index in [1.807, 2.05) is 19.2 Å². The number of piperidine rings is 1. The molecule has 0 spiro atoms. The van der Waals surface area contributed by atoms with E-state index in [4.69, 9.17) is 0 Å². The van der Waals surface area contributed by atoms with Crippen molar-refractivity contribution in [2.24, 2.45) is 0 Å². The van der Waals surface area contributed by atoms with Gasteiger partial charge in [-0.15, -0.1) is 0 Å². The number of aldehydes is 1. The minimum absolute atomic E-state index is 0.174. The van der Waals surface area contributed by atoms with Gasteiger partial charge in [-0.25, -0.2) is 0 Å². The molecule has 1 heterocycles. The number of likely N-dealkylation sites (tertiary alicyclic amines) is 1. The van der Waals surface area contributed by atoms with Crippen molar-refractivity contribution in [3.63, 3.8) is 0 Å². The summed E-state index contributed by atoms with van der Waals surface area (Å²) in [7, 11) is 3.72. The third-order valence-electron chi connectivity index (χ3n) is 7.70. The normalized spacial score (nSPS) is 24.2. The summed E-state index contributed by atoms with van der Waals surface area (Å²) in [5.41, 5.74) is 0.970. The van der Waals surface area contributed by atoms with Crippen LogP contribution in [0, 0.1) is 6.92 Å². The lowest BCUT2D eigenvalue weighted by atomic mass is 9.77. The SMILES string of the molecule is Cc1ccc(N(C)C2(C=O)CCCN(C)C2c2ccc(NC3CCCC3)cc2)cc1C(F)(F)F. The first-order valence-electron chi connectivity index (χ1n) is 12.1. The Bertz CT molecular complexity index is 1000. The number of carbonyl (C=O) groups is 1. The first-order valence-corrected chi connectivity index (χ1v) is 12.1. The summed E-state index contributed by atoms with van der Waals surface area (Å²) < 4.78 is 40.8. The van der Waals surface area contributed by atoms with E-state index in [1.54, 1.807) is 18.0 Å². The van der Waals surface area contributed by atoms with Gasteiger partial charge in [0.25, 0.3) is 0 Å². The van der Waals surface area contributed by atoms with Gasteiger partial charge < -0.3 is 15.0 Å². The number of carbonyl (C=O) groups excluding carboxylic acids is 1. The molecule has 0 radical (unpaired) electrons. The van der Waals surface area contributed by atoms with Crippen molar-refractivity contribution >= 4 is 17.7 Å². The van der Waals surface area contributed by atoms with E-state index < -0.39 is 17.3 Å². The maximum absolute atomic E-state index is 13.6. The minimum Gasteiger partial charge on any atom is -0.382 e. The van der Waals surface area contributed by atoms with Crippen molar-refractivity contribution in [2.45, 2.75) is 69.2 Å². The first-order chi connectivity index (χ1) is 16.2. The highest BCUT2D eigenvalue weighted by molar-refractivity contribution is 5.75. The van der Waals surface area contributed by atoms with Crippen LogP contribution in [0.25, 0.3) is 0 Å². The molecule has 34 heavy (non-hydrogen) atoms. The summed E-state index contributed by atoms with van der Waals surface area (Å²) >= 11 is 0. The van der Waals surface area contributed by atoms with E-state index in [0.717, 1.165) is 30.5 Å². The predicted octanol–water partition coefficient (Wildman–Crippen LogP) is 6.21. The van der Waals surface area contributed by atoms with Crippen molar-refractivity contribution in [2.75, 3.05) is 30.9 Å². The summed E-state index contributed by atoms with van der Waals surface area (Å²) in [5, 5.41) is 3.59. The molecule has 2 aromatic carbocycles. The quantitative estimate of drug-likeness (QED) is 0.506. The van der Waals surface area contributed by atoms with Gasteiger partial charge in [-0.2, -0.15) is 13.2 Å². The number of hydrogen-bond donors (Lipinski definition) is 1. The highest BCUT2D eigenvalue weighted by atomic mass is 19.4. The van der Waals surface area contributed by atoms with E-state index in [1.165, 1.54) is 44.7 Å². The van der Waals surface area contributed by atoms with Crippen molar-refractivity contribution in [1.29, 1.82) is 0 Å². The lowest BCUT2D eigenvalue weighted by molar-refractivity contribution is -0.138. The number of hydrogen-bond acceptors (Lipinski definition) is 4. The average Bonchev–Trinajstić information content (AvgIpc) is 3.32. The van der Waals surface area contributed by atoms with Gasteiger partial charge in [-0.1, -0.05) is 31.0 Å². The Kier molecular flexibility index (Phi) is 6.94. The summed E-state index contributed by atoms with van der Waals surface area (Å²) in [6.45, 7) is 2.28. The molecule has 0 bridgehead atoms. The molecule has 7 heteroatoms. The van der Waals surface area contributed by atoms with Crippen LogP contribution in [0.2, 0.25) is 0 Å². The molecule has 184 valence electrons. The van der Waals surface area contributed by atoms with Crippen LogP contribution in [0.3, 0.4) is 0 Å². The molecule has 2 aromatic rings. The number of alkyl halides is 3. The predicted molar refractivity (Wildman–Crippen MR) is 130 cm³/mol. The molecule has 2 unspecified atom stereocenters. The van der Waals surface area contributed by atoms with Crippen LogP contribution < -0.4 is 10.2 Å². The van der Waals surface area contributed by atoms with Gasteiger partial charge in [0.2, 0.25) is 0 Å². The van der Waals surface area contributed by atoms with Crippen LogP contribution >= 0.6 is 0 Å². The van der Waals surface area contributed by atoms with Crippen LogP contribution in [-0.4, -0.2) is 43.4 Å². The summed E-state index contributed by atoms with van der Waals surface area (Å²) in [4.78, 5) is 16.7. The van der Waals surface area contributed by atoms with Gasteiger partial charge in [-0.05, 0) is 81.6 Å². The number of anilines is 2. The maximum Gasteiger partial charge on any atom is 0.416 e. The molecule has 2 fully saturated rings. The first kappa shape index (κ1) is 24.6. The molecule has 0 amide bonds. The van der Waals surface area contributed by atoms with Gasteiger partial charge >= 0.3 is 6.18 Å². The van der Waals surface area contributed by atoms with Crippen molar-refractivity contribution in [3.8, 4) is 0 Å². The fourth-order valence-electron chi connectivity index (χ4n) is 5.79. The number of likely N-dealkylation sites (N-methyl/N-ethyl adjacent to an activating group) is 2. The zero-order valence-corrected chi connectivity index (χ0v) is 20.2. The Labute approximate surface area is 200 Å². The van der Waals surface area contributed by atoms with Gasteiger partial charge in [0.15, 0.2) is 0 Å². The van der Waals surface area contributed by atoms with Crippen LogP contribution in [0.4, 0.5) is 24.5 Å². The number of nitrogens with zero attached hydrogens (tertiary/aromatic N) is 2. The molecule has 1 saturated carbocycles. The Balaban J connectivity index is 1.68. The van der Waals surface area contributed by atoms with Gasteiger partial charge in [0.05, 0.1) is 11.6 Å². The standard InChI is InChI=1S/C27H34F3N3O/c1-19-9-14-23(17-24(19)27(28,29)30)33(3)26(18-34)15-6-16-32(2)25(26)20-10-12-22(13-11-20)31-21-7-4-5-8-21/h9-14,17-18,21,25,31H,4-8,15-16H2,1-3H3. The molecule has 1 N–H and O–H groups in total. The lowest BCUT2D eigenvalue weighted by Gasteiger charge is -2.51. The van der Waals surface area contributed by atoms with Crippen LogP contribution in [0.15, 0.2) is 42.5 Å². The number of rotatable bonds is 6. The Morgan fingerprint density at radius 1 is 1.09 bits per heavy atom. The fourth-order valence-corrected chi connectivity index (χ4v) is 5.79. The molecule has 1 saturated heterocycles. The van der Waals surface area contributed by atoms with Gasteiger partial charge in [0, 0.05) is 24.5 Å². The fraction of sp³-hybridized carbons (Fsp3) is 0.519. The second-order valence-corrected chi connectivity index (χ2v) is 9.90. The molecule has 2 aliphatic rings. The van der Waals surface area contributed by atoms with Gasteiger partial charge in [0.1, 0.15) is 11.8 Å². The van der Waals surface area contributed by atoms with E-state index in [0.29, 0.717) is 18.2 Å². The second-order valence-electron chi connectivity index (χ2n) is 9.90. The number of benzene rings is 2. The van der Waals surface area contributed by atoms with Crippen molar-refractivity contribution in [1.82, 2.24) is 4.90 Å². The summed E-state index contributed by atoms with van der Waals surface area (Å²) in [6, 6.07) is 12.8. The highest BCUT2D eigenvalue weighted by Gasteiger charge is 2.48. The highest BCUT2D eigenvalue weighted by Crippen LogP contribution is 2.44. The largest absolute Gasteiger partial charge is 0.416 e. The van der Waals surface area contributed by atoms with E-state index in [-0.39, 0.29) is 11.6 Å². The van der Waals surface area contributed by atoms with E-state index in [2.05, 4.69) is 22.3 Å². The monoisotopic (exact) mass is 473 g/mol. The molecule has 1 aliphatic carbocycles. The van der Waals surface area contributed by atoms with Crippen molar-refractivity contribution in [3.05, 3.63) is 59.2 Å². The Morgan fingerprint density at radius 3 is 2.38 bits per heavy atom. The molecule has 2 atom stereocenters. The maximum atomic E-state index is 13.6. The zero-order chi connectivity index (χ0) is 24.5. The van der Waals surface area contributed by atoms with Crippen LogP contribution in [0.5, 0.6) is 0 Å². The van der Waals surface area contributed by atoms with Gasteiger partial charge in [-0.3, -0.25) is 4.90 Å². The average molecular weight is 474 g/mol. The molecular formula is C27H34F3N3O. The Morgan fingerprint density at radius 2 is 1.76 bits per heavy atom.